The van der Waals surface area contributed by atoms with Gasteiger partial charge in [-0.15, -0.1) is 0 Å². The maximum Gasteiger partial charge on any atom is 0.335 e. The van der Waals surface area contributed by atoms with Crippen molar-refractivity contribution < 1.29 is 14.7 Å². The predicted octanol–water partition coefficient (Wildman–Crippen LogP) is 4.99. The highest BCUT2D eigenvalue weighted by molar-refractivity contribution is 7.99. The molecule has 7 heteroatoms. The van der Waals surface area contributed by atoms with Crippen molar-refractivity contribution in [3.8, 4) is 6.07 Å². The number of para-hydroxylation sites is 1. The van der Waals surface area contributed by atoms with Crippen molar-refractivity contribution in [1.82, 2.24) is 0 Å². The number of nitrogens with zero attached hydrogens (tertiary/aromatic N) is 1. The van der Waals surface area contributed by atoms with Crippen LogP contribution in [0.15, 0.2) is 100 Å². The first-order valence-corrected chi connectivity index (χ1v) is 9.72. The van der Waals surface area contributed by atoms with Gasteiger partial charge < -0.3 is 15.7 Å². The van der Waals surface area contributed by atoms with Gasteiger partial charge in [0.25, 0.3) is 5.91 Å². The molecule has 0 bridgehead atoms. The van der Waals surface area contributed by atoms with Gasteiger partial charge in [0.1, 0.15) is 11.6 Å². The second-order valence-corrected chi connectivity index (χ2v) is 7.18. The lowest BCUT2D eigenvalue weighted by Crippen LogP contribution is -2.15. The smallest absolute Gasteiger partial charge is 0.335 e. The van der Waals surface area contributed by atoms with E-state index in [4.69, 9.17) is 5.11 Å². The molecule has 0 spiro atoms. The molecule has 3 rings (SSSR count). The Morgan fingerprint density at radius 3 is 2.27 bits per heavy atom. The Kier molecular flexibility index (Phi) is 6.87. The van der Waals surface area contributed by atoms with Crippen LogP contribution in [0.3, 0.4) is 0 Å². The average molecular weight is 415 g/mol. The van der Waals surface area contributed by atoms with Crippen molar-refractivity contribution in [2.24, 2.45) is 0 Å². The monoisotopic (exact) mass is 415 g/mol. The van der Waals surface area contributed by atoms with E-state index in [0.29, 0.717) is 11.4 Å². The first kappa shape index (κ1) is 20.7. The molecule has 0 atom stereocenters. The highest BCUT2D eigenvalue weighted by Crippen LogP contribution is 2.33. The third-order valence-corrected chi connectivity index (χ3v) is 5.07. The molecule has 3 aromatic rings. The number of anilines is 2. The minimum Gasteiger partial charge on any atom is -0.478 e. The van der Waals surface area contributed by atoms with Crippen LogP contribution in [0.5, 0.6) is 0 Å². The van der Waals surface area contributed by atoms with E-state index >= 15 is 0 Å². The van der Waals surface area contributed by atoms with Crippen LogP contribution in [0.4, 0.5) is 11.4 Å². The number of aromatic carboxylic acids is 1. The number of carbonyl (C=O) groups excluding carboxylic acids is 1. The Hall–Kier alpha value is -4.02. The van der Waals surface area contributed by atoms with Gasteiger partial charge in [0.2, 0.25) is 0 Å². The zero-order valence-corrected chi connectivity index (χ0v) is 16.5. The van der Waals surface area contributed by atoms with Crippen molar-refractivity contribution in [3.05, 3.63) is 96.2 Å². The maximum atomic E-state index is 12.6. The van der Waals surface area contributed by atoms with Gasteiger partial charge in [0.15, 0.2) is 0 Å². The molecule has 0 aromatic heterocycles. The largest absolute Gasteiger partial charge is 0.478 e. The minimum atomic E-state index is -1.03. The number of benzene rings is 3. The molecule has 0 fully saturated rings. The Bertz CT molecular complexity index is 1120. The second-order valence-electron chi connectivity index (χ2n) is 6.06. The Morgan fingerprint density at radius 1 is 0.933 bits per heavy atom. The molecule has 1 amide bonds. The van der Waals surface area contributed by atoms with Gasteiger partial charge in [-0.25, -0.2) is 4.79 Å². The van der Waals surface area contributed by atoms with E-state index < -0.39 is 11.9 Å². The first-order valence-electron chi connectivity index (χ1n) is 8.90. The lowest BCUT2D eigenvalue weighted by molar-refractivity contribution is -0.112. The molecular weight excluding hydrogens is 398 g/mol. The molecule has 0 saturated carbocycles. The van der Waals surface area contributed by atoms with E-state index in [1.807, 2.05) is 54.6 Å². The van der Waals surface area contributed by atoms with Crippen LogP contribution in [0, 0.1) is 11.3 Å². The minimum absolute atomic E-state index is 0.114. The number of carboxylic acid groups (broad SMARTS) is 1. The third-order valence-electron chi connectivity index (χ3n) is 3.99. The number of rotatable bonds is 7. The summed E-state index contributed by atoms with van der Waals surface area (Å²) in [6.07, 6.45) is 1.29. The number of amides is 1. The normalized spacial score (nSPS) is 10.7. The fraction of sp³-hybridized carbons (Fsp3) is 0. The second kappa shape index (κ2) is 9.96. The van der Waals surface area contributed by atoms with Crippen LogP contribution in [-0.4, -0.2) is 17.0 Å². The van der Waals surface area contributed by atoms with Crippen LogP contribution >= 0.6 is 11.8 Å². The molecule has 0 heterocycles. The summed E-state index contributed by atoms with van der Waals surface area (Å²) in [6.45, 7) is 0. The molecule has 148 valence electrons. The van der Waals surface area contributed by atoms with Crippen molar-refractivity contribution in [3.63, 3.8) is 0 Å². The number of carbonyl (C=O) groups is 2. The van der Waals surface area contributed by atoms with Gasteiger partial charge >= 0.3 is 5.97 Å². The van der Waals surface area contributed by atoms with Gasteiger partial charge in [0, 0.05) is 21.7 Å². The summed E-state index contributed by atoms with van der Waals surface area (Å²) in [5.41, 5.74) is 1.19. The Balaban J connectivity index is 1.71. The number of nitrogens with one attached hydrogen (secondary N) is 2. The molecule has 3 N–H and O–H groups in total. The summed E-state index contributed by atoms with van der Waals surface area (Å²) in [4.78, 5) is 25.4. The van der Waals surface area contributed by atoms with Crippen molar-refractivity contribution in [2.45, 2.75) is 9.79 Å². The summed E-state index contributed by atoms with van der Waals surface area (Å²) in [5, 5.41) is 23.9. The summed E-state index contributed by atoms with van der Waals surface area (Å²) in [7, 11) is 0. The van der Waals surface area contributed by atoms with Crippen LogP contribution in [0.1, 0.15) is 10.4 Å². The topological polar surface area (TPSA) is 102 Å². The molecular formula is C23H17N3O3S. The van der Waals surface area contributed by atoms with E-state index in [-0.39, 0.29) is 11.1 Å². The molecule has 0 aliphatic heterocycles. The molecule has 3 aromatic carbocycles. The molecule has 0 aliphatic rings. The van der Waals surface area contributed by atoms with Crippen LogP contribution in [0.2, 0.25) is 0 Å². The number of hydrogen-bond donors (Lipinski definition) is 3. The first-order chi connectivity index (χ1) is 14.6. The Morgan fingerprint density at radius 2 is 1.60 bits per heavy atom. The zero-order valence-electron chi connectivity index (χ0n) is 15.7. The lowest BCUT2D eigenvalue weighted by atomic mass is 10.2. The van der Waals surface area contributed by atoms with E-state index in [2.05, 4.69) is 10.6 Å². The standard InChI is InChI=1S/C23H17N3O3S/c24-14-17(15-25-18-12-10-16(11-13-18)23(28)29)22(27)26-20-8-4-5-9-21(20)30-19-6-2-1-3-7-19/h1-13,15,25H,(H,26,27)(H,28,29)/b17-15-. The highest BCUT2D eigenvalue weighted by Gasteiger charge is 2.12. The zero-order chi connectivity index (χ0) is 21.3. The molecule has 0 radical (unpaired) electrons. The summed E-state index contributed by atoms with van der Waals surface area (Å²) in [6, 6.07) is 25.0. The fourth-order valence-corrected chi connectivity index (χ4v) is 3.40. The predicted molar refractivity (Wildman–Crippen MR) is 116 cm³/mol. The van der Waals surface area contributed by atoms with Crippen molar-refractivity contribution in [1.29, 1.82) is 5.26 Å². The Labute approximate surface area is 177 Å². The quantitative estimate of drug-likeness (QED) is 0.371. The van der Waals surface area contributed by atoms with Crippen LogP contribution in [-0.2, 0) is 4.79 Å². The highest BCUT2D eigenvalue weighted by atomic mass is 32.2. The fourth-order valence-electron chi connectivity index (χ4n) is 2.48. The molecule has 30 heavy (non-hydrogen) atoms. The van der Waals surface area contributed by atoms with E-state index in [1.165, 1.54) is 30.1 Å². The van der Waals surface area contributed by atoms with E-state index in [1.54, 1.807) is 18.2 Å². The van der Waals surface area contributed by atoms with Gasteiger partial charge in [-0.2, -0.15) is 5.26 Å². The van der Waals surface area contributed by atoms with E-state index in [9.17, 15) is 14.9 Å². The van der Waals surface area contributed by atoms with Crippen LogP contribution in [0.25, 0.3) is 0 Å². The average Bonchev–Trinajstić information content (AvgIpc) is 2.76. The molecule has 0 aliphatic carbocycles. The number of carboxylic acids is 1. The summed E-state index contributed by atoms with van der Waals surface area (Å²) in [5.74, 6) is -1.57. The molecule has 0 unspecified atom stereocenters. The maximum absolute atomic E-state index is 12.6. The van der Waals surface area contributed by atoms with Crippen molar-refractivity contribution >= 4 is 35.0 Å². The number of hydrogen-bond acceptors (Lipinski definition) is 5. The van der Waals surface area contributed by atoms with E-state index in [0.717, 1.165) is 9.79 Å². The van der Waals surface area contributed by atoms with Gasteiger partial charge in [-0.05, 0) is 48.5 Å². The van der Waals surface area contributed by atoms with Gasteiger partial charge in [-0.1, -0.05) is 42.1 Å². The van der Waals surface area contributed by atoms with Gasteiger partial charge in [-0.3, -0.25) is 4.79 Å². The van der Waals surface area contributed by atoms with Crippen LogP contribution < -0.4 is 10.6 Å². The SMILES string of the molecule is N#C/C(=C/Nc1ccc(C(=O)O)cc1)C(=O)Nc1ccccc1Sc1ccccc1. The summed E-state index contributed by atoms with van der Waals surface area (Å²) >= 11 is 1.51. The summed E-state index contributed by atoms with van der Waals surface area (Å²) < 4.78 is 0. The molecule has 6 nitrogen and oxygen atoms in total. The van der Waals surface area contributed by atoms with Gasteiger partial charge in [0.05, 0.1) is 11.3 Å². The lowest BCUT2D eigenvalue weighted by Gasteiger charge is -2.10. The van der Waals surface area contributed by atoms with Crippen molar-refractivity contribution in [2.75, 3.05) is 10.6 Å². The molecule has 0 saturated heterocycles. The third kappa shape index (κ3) is 5.50. The number of nitriles is 1.